The predicted molar refractivity (Wildman–Crippen MR) is 141 cm³/mol. The van der Waals surface area contributed by atoms with Gasteiger partial charge >= 0.3 is 5.97 Å². The van der Waals surface area contributed by atoms with Crippen molar-refractivity contribution < 1.29 is 19.0 Å². The molecule has 0 fully saturated rings. The quantitative estimate of drug-likeness (QED) is 0.166. The summed E-state index contributed by atoms with van der Waals surface area (Å²) in [6.07, 6.45) is 2.50. The SMILES string of the molecule is CCOc1cc(/C=C2\N=C(c3ccccc3Br)OC2=O)cc(I)c1OCCc1ccccc1. The summed E-state index contributed by atoms with van der Waals surface area (Å²) in [6.45, 7) is 2.96. The summed E-state index contributed by atoms with van der Waals surface area (Å²) in [5.41, 5.74) is 2.95. The number of hydrogen-bond acceptors (Lipinski definition) is 5. The normalized spacial score (nSPS) is 14.2. The number of carbonyl (C=O) groups is 1. The fourth-order valence-corrected chi connectivity index (χ4v) is 4.54. The van der Waals surface area contributed by atoms with Gasteiger partial charge < -0.3 is 14.2 Å². The molecular formula is C26H21BrINO4. The molecule has 168 valence electrons. The molecule has 0 saturated heterocycles. The van der Waals surface area contributed by atoms with Crippen LogP contribution in [-0.2, 0) is 16.0 Å². The highest BCUT2D eigenvalue weighted by Gasteiger charge is 2.25. The van der Waals surface area contributed by atoms with Crippen molar-refractivity contribution >= 4 is 56.5 Å². The summed E-state index contributed by atoms with van der Waals surface area (Å²) in [6, 6.07) is 21.5. The van der Waals surface area contributed by atoms with Crippen molar-refractivity contribution in [1.29, 1.82) is 0 Å². The van der Waals surface area contributed by atoms with Crippen LogP contribution in [0.15, 0.2) is 81.9 Å². The molecule has 0 saturated carbocycles. The third-order valence-corrected chi connectivity index (χ3v) is 6.33. The van der Waals surface area contributed by atoms with Crippen LogP contribution >= 0.6 is 38.5 Å². The summed E-state index contributed by atoms with van der Waals surface area (Å²) < 4.78 is 19.0. The van der Waals surface area contributed by atoms with Crippen LogP contribution in [0.3, 0.4) is 0 Å². The van der Waals surface area contributed by atoms with Crippen LogP contribution in [0.1, 0.15) is 23.6 Å². The molecule has 7 heteroatoms. The Bertz CT molecular complexity index is 1220. The Hall–Kier alpha value is -2.65. The molecule has 0 atom stereocenters. The van der Waals surface area contributed by atoms with Crippen LogP contribution in [0.5, 0.6) is 11.5 Å². The summed E-state index contributed by atoms with van der Waals surface area (Å²) in [7, 11) is 0. The van der Waals surface area contributed by atoms with E-state index in [1.807, 2.05) is 61.5 Å². The molecule has 1 aliphatic rings. The van der Waals surface area contributed by atoms with E-state index in [2.05, 4.69) is 55.6 Å². The maximum Gasteiger partial charge on any atom is 0.363 e. The van der Waals surface area contributed by atoms with Gasteiger partial charge in [-0.2, -0.15) is 0 Å². The monoisotopic (exact) mass is 617 g/mol. The average molecular weight is 618 g/mol. The minimum atomic E-state index is -0.489. The second-order valence-electron chi connectivity index (χ2n) is 7.16. The van der Waals surface area contributed by atoms with Crippen molar-refractivity contribution in [3.05, 3.63) is 97.2 Å². The summed E-state index contributed by atoms with van der Waals surface area (Å²) in [5.74, 6) is 1.11. The molecule has 0 spiro atoms. The molecule has 1 heterocycles. The molecule has 33 heavy (non-hydrogen) atoms. The highest BCUT2D eigenvalue weighted by atomic mass is 127. The summed E-state index contributed by atoms with van der Waals surface area (Å²) >= 11 is 5.69. The lowest BCUT2D eigenvalue weighted by molar-refractivity contribution is -0.129. The van der Waals surface area contributed by atoms with Gasteiger partial charge in [0.25, 0.3) is 0 Å². The van der Waals surface area contributed by atoms with Crippen LogP contribution < -0.4 is 9.47 Å². The second-order valence-corrected chi connectivity index (χ2v) is 9.18. The zero-order chi connectivity index (χ0) is 23.2. The van der Waals surface area contributed by atoms with E-state index in [-0.39, 0.29) is 11.6 Å². The van der Waals surface area contributed by atoms with Gasteiger partial charge in [0.05, 0.1) is 22.3 Å². The van der Waals surface area contributed by atoms with E-state index in [1.54, 1.807) is 6.08 Å². The first kappa shape index (κ1) is 23.5. The Morgan fingerprint density at radius 2 is 1.82 bits per heavy atom. The first-order valence-corrected chi connectivity index (χ1v) is 12.3. The third kappa shape index (κ3) is 5.83. The standard InChI is InChI=1S/C26H21BrINO4/c1-2-31-23-16-18(14-21(28)24(23)32-13-12-17-8-4-3-5-9-17)15-22-26(30)33-25(29-22)19-10-6-7-11-20(19)27/h3-11,14-16H,2,12-13H2,1H3/b22-15-. The Morgan fingerprint density at radius 1 is 1.06 bits per heavy atom. The first-order valence-electron chi connectivity index (χ1n) is 10.5. The van der Waals surface area contributed by atoms with Gasteiger partial charge in [0.15, 0.2) is 17.2 Å². The van der Waals surface area contributed by atoms with Crippen LogP contribution in [0.2, 0.25) is 0 Å². The van der Waals surface area contributed by atoms with Crippen LogP contribution in [-0.4, -0.2) is 25.1 Å². The molecule has 0 aliphatic carbocycles. The van der Waals surface area contributed by atoms with E-state index in [0.717, 1.165) is 25.6 Å². The maximum absolute atomic E-state index is 12.4. The van der Waals surface area contributed by atoms with E-state index in [4.69, 9.17) is 14.2 Å². The average Bonchev–Trinajstić information content (AvgIpc) is 3.16. The number of hydrogen-bond donors (Lipinski definition) is 0. The molecule has 0 amide bonds. The molecule has 4 rings (SSSR count). The minimum absolute atomic E-state index is 0.233. The molecular weight excluding hydrogens is 597 g/mol. The van der Waals surface area contributed by atoms with Crippen LogP contribution in [0.25, 0.3) is 6.08 Å². The number of rotatable bonds is 8. The molecule has 0 aromatic heterocycles. The molecule has 0 bridgehead atoms. The third-order valence-electron chi connectivity index (χ3n) is 4.84. The molecule has 0 N–H and O–H groups in total. The maximum atomic E-state index is 12.4. The molecule has 3 aromatic rings. The summed E-state index contributed by atoms with van der Waals surface area (Å²) in [4.78, 5) is 16.8. The van der Waals surface area contributed by atoms with Gasteiger partial charge in [0.2, 0.25) is 5.90 Å². The topological polar surface area (TPSA) is 57.1 Å². The van der Waals surface area contributed by atoms with Crippen molar-refractivity contribution in [2.75, 3.05) is 13.2 Å². The van der Waals surface area contributed by atoms with Gasteiger partial charge in [-0.3, -0.25) is 0 Å². The Balaban J connectivity index is 1.57. The lowest BCUT2D eigenvalue weighted by atomic mass is 10.1. The molecule has 0 unspecified atom stereocenters. The molecule has 3 aromatic carbocycles. The van der Waals surface area contributed by atoms with Crippen molar-refractivity contribution in [1.82, 2.24) is 0 Å². The fourth-order valence-electron chi connectivity index (χ4n) is 3.31. The molecule has 1 aliphatic heterocycles. The van der Waals surface area contributed by atoms with Crippen molar-refractivity contribution in [2.45, 2.75) is 13.3 Å². The Morgan fingerprint density at radius 3 is 2.58 bits per heavy atom. The van der Waals surface area contributed by atoms with Crippen LogP contribution in [0.4, 0.5) is 0 Å². The van der Waals surface area contributed by atoms with Crippen molar-refractivity contribution in [3.8, 4) is 11.5 Å². The highest BCUT2D eigenvalue weighted by molar-refractivity contribution is 14.1. The largest absolute Gasteiger partial charge is 0.490 e. The van der Waals surface area contributed by atoms with Gasteiger partial charge in [-0.05, 0) is 86.9 Å². The van der Waals surface area contributed by atoms with E-state index < -0.39 is 5.97 Å². The summed E-state index contributed by atoms with van der Waals surface area (Å²) in [5, 5.41) is 0. The van der Waals surface area contributed by atoms with E-state index >= 15 is 0 Å². The zero-order valence-corrected chi connectivity index (χ0v) is 21.6. The number of halogens is 2. The molecule has 0 radical (unpaired) electrons. The molecule has 5 nitrogen and oxygen atoms in total. The van der Waals surface area contributed by atoms with Gasteiger partial charge in [-0.1, -0.05) is 42.5 Å². The number of carbonyl (C=O) groups excluding carboxylic acids is 1. The van der Waals surface area contributed by atoms with Gasteiger partial charge in [0.1, 0.15) is 0 Å². The van der Waals surface area contributed by atoms with Gasteiger partial charge in [0, 0.05) is 10.9 Å². The Labute approximate surface area is 214 Å². The van der Waals surface area contributed by atoms with Crippen molar-refractivity contribution in [3.63, 3.8) is 0 Å². The lowest BCUT2D eigenvalue weighted by Crippen LogP contribution is -2.06. The second kappa shape index (κ2) is 11.0. The Kier molecular flexibility index (Phi) is 7.82. The zero-order valence-electron chi connectivity index (χ0n) is 17.9. The van der Waals surface area contributed by atoms with Crippen molar-refractivity contribution in [2.24, 2.45) is 4.99 Å². The fraction of sp³-hybridized carbons (Fsp3) is 0.154. The van der Waals surface area contributed by atoms with E-state index in [1.165, 1.54) is 5.56 Å². The number of aliphatic imine (C=N–C) groups is 1. The van der Waals surface area contributed by atoms with Gasteiger partial charge in [-0.15, -0.1) is 0 Å². The van der Waals surface area contributed by atoms with E-state index in [0.29, 0.717) is 24.7 Å². The van der Waals surface area contributed by atoms with Crippen LogP contribution in [0, 0.1) is 3.57 Å². The number of benzene rings is 3. The van der Waals surface area contributed by atoms with E-state index in [9.17, 15) is 4.79 Å². The highest BCUT2D eigenvalue weighted by Crippen LogP contribution is 2.35. The van der Waals surface area contributed by atoms with Gasteiger partial charge in [-0.25, -0.2) is 9.79 Å². The minimum Gasteiger partial charge on any atom is -0.490 e. The number of nitrogens with zero attached hydrogens (tertiary/aromatic N) is 1. The first-order chi connectivity index (χ1) is 16.0. The lowest BCUT2D eigenvalue weighted by Gasteiger charge is -2.15. The number of ether oxygens (including phenoxy) is 3. The number of cyclic esters (lactones) is 1. The number of esters is 1. The smallest absolute Gasteiger partial charge is 0.363 e. The predicted octanol–water partition coefficient (Wildman–Crippen LogP) is 6.42.